The molecule has 0 spiro atoms. The molecular formula is C18H24O6. The fraction of sp³-hybridized carbons (Fsp3) is 0.556. The van der Waals surface area contributed by atoms with E-state index in [0.717, 1.165) is 25.7 Å². The summed E-state index contributed by atoms with van der Waals surface area (Å²) < 4.78 is 10.7. The first-order valence-corrected chi connectivity index (χ1v) is 8.30. The van der Waals surface area contributed by atoms with Crippen molar-refractivity contribution in [2.24, 2.45) is 11.8 Å². The van der Waals surface area contributed by atoms with E-state index in [1.54, 1.807) is 24.3 Å². The van der Waals surface area contributed by atoms with E-state index in [0.29, 0.717) is 36.2 Å². The predicted octanol–water partition coefficient (Wildman–Crippen LogP) is 1.79. The van der Waals surface area contributed by atoms with Crippen LogP contribution in [-0.2, 0) is 9.47 Å². The third kappa shape index (κ3) is 5.32. The van der Waals surface area contributed by atoms with E-state index in [1.807, 2.05) is 0 Å². The molecule has 1 aromatic rings. The normalized spacial score (nSPS) is 23.6. The van der Waals surface area contributed by atoms with Crippen molar-refractivity contribution >= 4 is 11.9 Å². The lowest BCUT2D eigenvalue weighted by Gasteiger charge is -2.28. The standard InChI is InChI=1S/C16H18O4.C2H6O2/c17-15-13-5-7-14(8-6-13)16(18)20-10-12-2-1-11(3-4-12)9-19-15;3-1-2-4/h5-8,11-12H,1-4,9-10H2;3-4H,1-2H2. The molecule has 4 heterocycles. The van der Waals surface area contributed by atoms with Crippen LogP contribution in [0.1, 0.15) is 46.4 Å². The Morgan fingerprint density at radius 3 is 1.38 bits per heavy atom. The quantitative estimate of drug-likeness (QED) is 0.760. The summed E-state index contributed by atoms with van der Waals surface area (Å²) in [6.07, 6.45) is 4.14. The molecule has 2 N–H and O–H groups in total. The van der Waals surface area contributed by atoms with Crippen LogP contribution >= 0.6 is 0 Å². The second-order valence-corrected chi connectivity index (χ2v) is 6.11. The van der Waals surface area contributed by atoms with Gasteiger partial charge in [-0.3, -0.25) is 0 Å². The summed E-state index contributed by atoms with van der Waals surface area (Å²) in [6, 6.07) is 6.46. The summed E-state index contributed by atoms with van der Waals surface area (Å²) in [5.41, 5.74) is 0.958. The van der Waals surface area contributed by atoms with Gasteiger partial charge < -0.3 is 19.7 Å². The van der Waals surface area contributed by atoms with Crippen LogP contribution in [0, 0.1) is 11.8 Å². The maximum absolute atomic E-state index is 11.9. The Bertz CT molecular complexity index is 482. The van der Waals surface area contributed by atoms with Crippen molar-refractivity contribution in [3.8, 4) is 0 Å². The highest BCUT2D eigenvalue weighted by Crippen LogP contribution is 2.29. The number of esters is 2. The molecule has 4 aliphatic heterocycles. The molecule has 6 rings (SSSR count). The molecule has 0 atom stereocenters. The van der Waals surface area contributed by atoms with Gasteiger partial charge in [0.1, 0.15) is 0 Å². The number of aliphatic hydroxyl groups excluding tert-OH is 2. The lowest BCUT2D eigenvalue weighted by molar-refractivity contribution is 0.0292. The Morgan fingerprint density at radius 2 is 1.08 bits per heavy atom. The van der Waals surface area contributed by atoms with E-state index in [2.05, 4.69) is 0 Å². The molecule has 0 amide bonds. The molecule has 132 valence electrons. The summed E-state index contributed by atoms with van der Waals surface area (Å²) in [6.45, 7) is 0.736. The number of aliphatic hydroxyl groups is 2. The van der Waals surface area contributed by atoms with Gasteiger partial charge in [-0.1, -0.05) is 0 Å². The van der Waals surface area contributed by atoms with Crippen LogP contribution in [0.25, 0.3) is 0 Å². The molecule has 0 aromatic heterocycles. The highest BCUT2D eigenvalue weighted by molar-refractivity contribution is 5.93. The summed E-state index contributed by atoms with van der Waals surface area (Å²) in [5.74, 6) is 0.245. The fourth-order valence-electron chi connectivity index (χ4n) is 2.86. The number of carbonyl (C=O) groups excluding carboxylic acids is 2. The topological polar surface area (TPSA) is 93.1 Å². The molecule has 24 heavy (non-hydrogen) atoms. The number of hydrogen-bond donors (Lipinski definition) is 2. The minimum Gasteiger partial charge on any atom is -0.462 e. The van der Waals surface area contributed by atoms with Crippen molar-refractivity contribution in [1.82, 2.24) is 0 Å². The fourth-order valence-corrected chi connectivity index (χ4v) is 2.86. The average Bonchev–Trinajstić information content (AvgIpc) is 2.65. The maximum Gasteiger partial charge on any atom is 0.338 e. The van der Waals surface area contributed by atoms with Crippen LogP contribution in [0.15, 0.2) is 24.3 Å². The summed E-state index contributed by atoms with van der Waals surface area (Å²) >= 11 is 0. The number of ether oxygens (including phenoxy) is 2. The number of rotatable bonds is 1. The molecule has 0 saturated heterocycles. The Kier molecular flexibility index (Phi) is 7.21. The van der Waals surface area contributed by atoms with E-state index in [1.165, 1.54) is 0 Å². The Labute approximate surface area is 141 Å². The smallest absolute Gasteiger partial charge is 0.338 e. The number of hydrogen-bond acceptors (Lipinski definition) is 6. The summed E-state index contributed by atoms with van der Waals surface area (Å²) in [7, 11) is 0. The van der Waals surface area contributed by atoms with Crippen LogP contribution in [0.3, 0.4) is 0 Å². The second-order valence-electron chi connectivity index (χ2n) is 6.11. The van der Waals surface area contributed by atoms with E-state index in [-0.39, 0.29) is 25.2 Å². The van der Waals surface area contributed by atoms with Gasteiger partial charge in [-0.15, -0.1) is 0 Å². The van der Waals surface area contributed by atoms with Gasteiger partial charge in [-0.25, -0.2) is 9.59 Å². The van der Waals surface area contributed by atoms with Crippen molar-refractivity contribution < 1.29 is 29.3 Å². The van der Waals surface area contributed by atoms with E-state index in [4.69, 9.17) is 19.7 Å². The first-order valence-electron chi connectivity index (χ1n) is 8.30. The minimum atomic E-state index is -0.316. The van der Waals surface area contributed by atoms with Gasteiger partial charge in [0, 0.05) is 0 Å². The molecule has 0 unspecified atom stereocenters. The van der Waals surface area contributed by atoms with E-state index in [9.17, 15) is 9.59 Å². The van der Waals surface area contributed by atoms with E-state index < -0.39 is 0 Å². The molecule has 0 radical (unpaired) electrons. The SMILES string of the molecule is O=C1OCC2CCC(CC2)COC(=O)c2ccc1cc2.OCCO. The number of carbonyl (C=O) groups is 2. The molecule has 1 aromatic carbocycles. The largest absolute Gasteiger partial charge is 0.462 e. The molecule has 5 aliphatic rings. The molecule has 1 fully saturated rings. The predicted molar refractivity (Wildman–Crippen MR) is 86.6 cm³/mol. The zero-order valence-electron chi connectivity index (χ0n) is 13.6. The summed E-state index contributed by atoms with van der Waals surface area (Å²) in [5, 5.41) is 15.2. The molecule has 6 heteroatoms. The summed E-state index contributed by atoms with van der Waals surface area (Å²) in [4.78, 5) is 23.8. The maximum atomic E-state index is 11.9. The Morgan fingerprint density at radius 1 is 0.750 bits per heavy atom. The van der Waals surface area contributed by atoms with Gasteiger partial charge in [0.25, 0.3) is 0 Å². The van der Waals surface area contributed by atoms with Crippen LogP contribution < -0.4 is 0 Å². The highest BCUT2D eigenvalue weighted by Gasteiger charge is 2.24. The van der Waals surface area contributed by atoms with E-state index >= 15 is 0 Å². The Hall–Kier alpha value is -1.92. The van der Waals surface area contributed by atoms with Crippen molar-refractivity contribution in [2.45, 2.75) is 25.7 Å². The highest BCUT2D eigenvalue weighted by atomic mass is 16.5. The van der Waals surface area contributed by atoms with Crippen molar-refractivity contribution in [1.29, 1.82) is 0 Å². The molecular weight excluding hydrogens is 312 g/mol. The minimum absolute atomic E-state index is 0.125. The third-order valence-corrected chi connectivity index (χ3v) is 4.32. The number of benzene rings is 1. The third-order valence-electron chi connectivity index (χ3n) is 4.32. The van der Waals surface area contributed by atoms with Crippen LogP contribution in [0.4, 0.5) is 0 Å². The first-order chi connectivity index (χ1) is 11.6. The van der Waals surface area contributed by atoms with Crippen LogP contribution in [-0.4, -0.2) is 48.6 Å². The lowest BCUT2D eigenvalue weighted by atomic mass is 9.83. The first kappa shape index (κ1) is 18.4. The molecule has 1 saturated carbocycles. The van der Waals surface area contributed by atoms with Gasteiger partial charge in [0.15, 0.2) is 0 Å². The van der Waals surface area contributed by atoms with Gasteiger partial charge in [-0.2, -0.15) is 0 Å². The van der Waals surface area contributed by atoms with Gasteiger partial charge in [0.05, 0.1) is 37.6 Å². The van der Waals surface area contributed by atoms with Crippen LogP contribution in [0.5, 0.6) is 0 Å². The van der Waals surface area contributed by atoms with Gasteiger partial charge >= 0.3 is 11.9 Å². The molecule has 4 bridgehead atoms. The molecule has 6 nitrogen and oxygen atoms in total. The monoisotopic (exact) mass is 336 g/mol. The lowest BCUT2D eigenvalue weighted by Crippen LogP contribution is -2.24. The zero-order valence-corrected chi connectivity index (χ0v) is 13.6. The zero-order chi connectivity index (χ0) is 17.4. The van der Waals surface area contributed by atoms with Crippen molar-refractivity contribution in [2.75, 3.05) is 26.4 Å². The second kappa shape index (κ2) is 9.39. The Balaban J connectivity index is 0.000000471. The average molecular weight is 336 g/mol. The van der Waals surface area contributed by atoms with Gasteiger partial charge in [0.2, 0.25) is 0 Å². The van der Waals surface area contributed by atoms with Crippen LogP contribution in [0.2, 0.25) is 0 Å². The van der Waals surface area contributed by atoms with Crippen molar-refractivity contribution in [3.05, 3.63) is 35.4 Å². The van der Waals surface area contributed by atoms with Gasteiger partial charge in [-0.05, 0) is 61.8 Å². The van der Waals surface area contributed by atoms with Crippen molar-refractivity contribution in [3.63, 3.8) is 0 Å². The molecule has 1 aliphatic carbocycles.